The second-order valence-electron chi connectivity index (χ2n) is 8.17. The predicted octanol–water partition coefficient (Wildman–Crippen LogP) is 4.31. The Balaban J connectivity index is 2.36. The Morgan fingerprint density at radius 3 is 2.59 bits per heavy atom. The van der Waals surface area contributed by atoms with Gasteiger partial charge in [-0.3, -0.25) is 0 Å². The summed E-state index contributed by atoms with van der Waals surface area (Å²) in [7, 11) is 1.31. The first kappa shape index (κ1) is 24.1. The summed E-state index contributed by atoms with van der Waals surface area (Å²) < 4.78 is 5.01. The molecule has 0 aromatic rings. The van der Waals surface area contributed by atoms with Crippen LogP contribution in [0, 0.1) is 11.8 Å². The number of methoxy groups -OCH3 is 1. The van der Waals surface area contributed by atoms with E-state index >= 15 is 0 Å². The zero-order chi connectivity index (χ0) is 20.3. The number of aliphatic hydroxyl groups is 2. The van der Waals surface area contributed by atoms with E-state index in [4.69, 9.17) is 4.74 Å². The summed E-state index contributed by atoms with van der Waals surface area (Å²) >= 11 is 0. The van der Waals surface area contributed by atoms with E-state index in [1.807, 2.05) is 0 Å². The fourth-order valence-corrected chi connectivity index (χ4v) is 4.04. The third-order valence-corrected chi connectivity index (χ3v) is 6.20. The fraction of sp³-hybridized carbons (Fsp3) is 0.864. The maximum absolute atomic E-state index is 11.3. The quantitative estimate of drug-likeness (QED) is 0.307. The summed E-state index contributed by atoms with van der Waals surface area (Å²) in [5.74, 6) is -0.422. The summed E-state index contributed by atoms with van der Waals surface area (Å²) in [5, 5.41) is 29.7. The lowest BCUT2D eigenvalue weighted by molar-refractivity contribution is -0.174. The zero-order valence-corrected chi connectivity index (χ0v) is 17.4. The van der Waals surface area contributed by atoms with Crippen LogP contribution in [0.3, 0.4) is 0 Å². The number of hydrogen-bond donors (Lipinski definition) is 3. The molecule has 1 aliphatic carbocycles. The van der Waals surface area contributed by atoms with Crippen LogP contribution in [0.5, 0.6) is 0 Å². The number of carbonyl (C=O) groups is 1. The normalized spacial score (nSPS) is 26.3. The summed E-state index contributed by atoms with van der Waals surface area (Å²) in [5.41, 5.74) is -1.56. The monoisotopic (exact) mass is 384 g/mol. The van der Waals surface area contributed by atoms with Gasteiger partial charge in [0.05, 0.1) is 12.2 Å². The van der Waals surface area contributed by atoms with Crippen molar-refractivity contribution >= 4 is 5.97 Å². The molecule has 0 aromatic carbocycles. The first-order chi connectivity index (χ1) is 12.9. The molecule has 0 amide bonds. The van der Waals surface area contributed by atoms with Gasteiger partial charge in [-0.25, -0.2) is 4.79 Å². The average Bonchev–Trinajstić information content (AvgIpc) is 3.00. The summed E-state index contributed by atoms with van der Waals surface area (Å²) in [6.45, 7) is 3.62. The third kappa shape index (κ3) is 7.55. The molecule has 0 saturated heterocycles. The molecule has 0 bridgehead atoms. The van der Waals surface area contributed by atoms with Gasteiger partial charge in [0.25, 0.3) is 0 Å². The van der Waals surface area contributed by atoms with Crippen LogP contribution < -0.4 is 0 Å². The second-order valence-corrected chi connectivity index (χ2v) is 8.17. The van der Waals surface area contributed by atoms with Gasteiger partial charge >= 0.3 is 5.97 Å². The molecule has 1 rings (SSSR count). The number of hydrogen-bond acceptors (Lipinski definition) is 4. The lowest BCUT2D eigenvalue weighted by Crippen LogP contribution is -2.48. The van der Waals surface area contributed by atoms with Gasteiger partial charge in [-0.2, -0.15) is 0 Å². The van der Waals surface area contributed by atoms with E-state index < -0.39 is 17.7 Å². The number of rotatable bonds is 14. The Hall–Kier alpha value is -0.910. The SMILES string of the molecule is CCCCCCC=C[C@H]1CC[C@H](O)[C@@H]1CCCCC(O)C(C)(OC)C(=O)O. The van der Waals surface area contributed by atoms with Crippen LogP contribution in [-0.4, -0.2) is 46.2 Å². The van der Waals surface area contributed by atoms with Crippen molar-refractivity contribution in [3.63, 3.8) is 0 Å². The Kier molecular flexibility index (Phi) is 11.2. The molecule has 0 radical (unpaired) electrons. The van der Waals surface area contributed by atoms with Gasteiger partial charge in [-0.1, -0.05) is 51.2 Å². The van der Waals surface area contributed by atoms with Crippen LogP contribution in [0.2, 0.25) is 0 Å². The van der Waals surface area contributed by atoms with Crippen molar-refractivity contribution in [1.82, 2.24) is 0 Å². The van der Waals surface area contributed by atoms with E-state index in [2.05, 4.69) is 19.1 Å². The minimum absolute atomic E-state index is 0.243. The molecule has 2 unspecified atom stereocenters. The molecule has 0 aliphatic heterocycles. The van der Waals surface area contributed by atoms with E-state index in [0.29, 0.717) is 12.3 Å². The number of carboxylic acids is 1. The smallest absolute Gasteiger partial charge is 0.338 e. The highest BCUT2D eigenvalue weighted by Gasteiger charge is 2.40. The molecule has 3 N–H and O–H groups in total. The van der Waals surface area contributed by atoms with E-state index in [1.165, 1.54) is 39.7 Å². The van der Waals surface area contributed by atoms with Gasteiger partial charge in [0.2, 0.25) is 0 Å². The zero-order valence-electron chi connectivity index (χ0n) is 17.4. The molecular weight excluding hydrogens is 344 g/mol. The second kappa shape index (κ2) is 12.5. The van der Waals surface area contributed by atoms with Gasteiger partial charge < -0.3 is 20.1 Å². The Bertz CT molecular complexity index is 450. The lowest BCUT2D eigenvalue weighted by atomic mass is 9.87. The Morgan fingerprint density at radius 2 is 1.96 bits per heavy atom. The molecule has 0 aromatic heterocycles. The maximum atomic E-state index is 11.3. The van der Waals surface area contributed by atoms with E-state index in [1.54, 1.807) is 0 Å². The highest BCUT2D eigenvalue weighted by molar-refractivity contribution is 5.77. The lowest BCUT2D eigenvalue weighted by Gasteiger charge is -2.29. The number of aliphatic carboxylic acids is 1. The van der Waals surface area contributed by atoms with Crippen LogP contribution in [0.4, 0.5) is 0 Å². The molecule has 0 heterocycles. The molecule has 27 heavy (non-hydrogen) atoms. The van der Waals surface area contributed by atoms with Crippen molar-refractivity contribution in [2.75, 3.05) is 7.11 Å². The molecule has 1 saturated carbocycles. The summed E-state index contributed by atoms with van der Waals surface area (Å²) in [6, 6.07) is 0. The Labute approximate surface area is 164 Å². The first-order valence-corrected chi connectivity index (χ1v) is 10.7. The van der Waals surface area contributed by atoms with Gasteiger partial charge in [-0.05, 0) is 57.3 Å². The molecule has 5 atom stereocenters. The summed E-state index contributed by atoms with van der Waals surface area (Å²) in [6.07, 6.45) is 14.3. The van der Waals surface area contributed by atoms with Crippen molar-refractivity contribution in [1.29, 1.82) is 0 Å². The van der Waals surface area contributed by atoms with Crippen molar-refractivity contribution in [2.45, 2.75) is 102 Å². The van der Waals surface area contributed by atoms with Gasteiger partial charge in [0, 0.05) is 7.11 Å². The molecule has 1 fully saturated rings. The van der Waals surface area contributed by atoms with Crippen molar-refractivity contribution in [3.8, 4) is 0 Å². The van der Waals surface area contributed by atoms with E-state index in [0.717, 1.165) is 38.5 Å². The molecule has 1 aliphatic rings. The molecule has 5 heteroatoms. The van der Waals surface area contributed by atoms with E-state index in [9.17, 15) is 20.1 Å². The molecule has 5 nitrogen and oxygen atoms in total. The maximum Gasteiger partial charge on any atom is 0.338 e. The fourth-order valence-electron chi connectivity index (χ4n) is 4.04. The van der Waals surface area contributed by atoms with Crippen LogP contribution in [-0.2, 0) is 9.53 Å². The van der Waals surface area contributed by atoms with Crippen LogP contribution in [0.1, 0.15) is 84.5 Å². The summed E-state index contributed by atoms with van der Waals surface area (Å²) in [4.78, 5) is 11.3. The van der Waals surface area contributed by atoms with Gasteiger partial charge in [0.15, 0.2) is 5.60 Å². The minimum Gasteiger partial charge on any atom is -0.479 e. The number of allylic oxidation sites excluding steroid dienone is 2. The van der Waals surface area contributed by atoms with Gasteiger partial charge in [-0.15, -0.1) is 0 Å². The highest BCUT2D eigenvalue weighted by Crippen LogP contribution is 2.37. The Morgan fingerprint density at radius 1 is 1.22 bits per heavy atom. The number of carboxylic acid groups (broad SMARTS) is 1. The van der Waals surface area contributed by atoms with Crippen molar-refractivity contribution in [2.24, 2.45) is 11.8 Å². The van der Waals surface area contributed by atoms with Crippen molar-refractivity contribution in [3.05, 3.63) is 12.2 Å². The minimum atomic E-state index is -1.56. The van der Waals surface area contributed by atoms with Gasteiger partial charge in [0.1, 0.15) is 0 Å². The third-order valence-electron chi connectivity index (χ3n) is 6.20. The highest BCUT2D eigenvalue weighted by atomic mass is 16.5. The predicted molar refractivity (Wildman–Crippen MR) is 108 cm³/mol. The number of ether oxygens (including phenoxy) is 1. The van der Waals surface area contributed by atoms with Crippen molar-refractivity contribution < 1.29 is 24.9 Å². The first-order valence-electron chi connectivity index (χ1n) is 10.7. The van der Waals surface area contributed by atoms with Crippen LogP contribution in [0.25, 0.3) is 0 Å². The average molecular weight is 385 g/mol. The van der Waals surface area contributed by atoms with Crippen LogP contribution >= 0.6 is 0 Å². The van der Waals surface area contributed by atoms with E-state index in [-0.39, 0.29) is 12.0 Å². The molecule has 0 spiro atoms. The number of unbranched alkanes of at least 4 members (excludes halogenated alkanes) is 5. The molecular formula is C22H40O5. The largest absolute Gasteiger partial charge is 0.479 e. The molecule has 158 valence electrons. The standard InChI is InChI=1S/C22H40O5/c1-4-5-6-7-8-9-12-17-15-16-19(23)18(17)13-10-11-14-20(24)22(2,27-3)21(25)26/h9,12,17-20,23-24H,4-8,10-11,13-16H2,1-3H3,(H,25,26)/t17-,18+,19-,20?,22?/m0/s1. The van der Waals surface area contributed by atoms with Crippen LogP contribution in [0.15, 0.2) is 12.2 Å². The topological polar surface area (TPSA) is 87.0 Å². The number of aliphatic hydroxyl groups excluding tert-OH is 2.